The number of carbonyl (C=O) groups excluding carboxylic acids is 1. The van der Waals surface area contributed by atoms with Crippen molar-refractivity contribution in [2.24, 2.45) is 17.3 Å². The van der Waals surface area contributed by atoms with Crippen molar-refractivity contribution < 1.29 is 14.6 Å². The van der Waals surface area contributed by atoms with Gasteiger partial charge < -0.3 is 9.84 Å². The summed E-state index contributed by atoms with van der Waals surface area (Å²) in [6.07, 6.45) is 4.10. The molecule has 3 aliphatic rings. The zero-order valence-corrected chi connectivity index (χ0v) is 11.8. The molecule has 1 heterocycles. The average Bonchev–Trinajstić information content (AvgIpc) is 2.74. The summed E-state index contributed by atoms with van der Waals surface area (Å²) in [5.74, 6) is 1.83. The van der Waals surface area contributed by atoms with Crippen LogP contribution in [0.5, 0.6) is 5.75 Å². The molecule has 4 rings (SSSR count). The Balaban J connectivity index is 1.73. The second kappa shape index (κ2) is 4.00. The zero-order chi connectivity index (χ0) is 13.9. The highest BCUT2D eigenvalue weighted by Crippen LogP contribution is 2.57. The molecule has 1 saturated heterocycles. The number of hydrogen-bond donors (Lipinski definition) is 1. The van der Waals surface area contributed by atoms with E-state index in [0.29, 0.717) is 30.1 Å². The number of aryl methyl sites for hydroxylation is 1. The number of aromatic hydroxyl groups is 1. The van der Waals surface area contributed by atoms with Crippen LogP contribution in [0.4, 0.5) is 0 Å². The Hall–Kier alpha value is -1.51. The van der Waals surface area contributed by atoms with Gasteiger partial charge in [0.25, 0.3) is 0 Å². The molecule has 3 heteroatoms. The van der Waals surface area contributed by atoms with Crippen molar-refractivity contribution in [2.45, 2.75) is 38.5 Å². The fraction of sp³-hybridized carbons (Fsp3) is 0.588. The highest BCUT2D eigenvalue weighted by atomic mass is 16.5. The molecule has 3 nitrogen and oxygen atoms in total. The van der Waals surface area contributed by atoms with E-state index in [0.717, 1.165) is 25.7 Å². The number of cyclic esters (lactones) is 1. The summed E-state index contributed by atoms with van der Waals surface area (Å²) in [5, 5.41) is 9.65. The number of phenolic OH excluding ortho intramolecular Hbond substituents is 1. The Morgan fingerprint density at radius 1 is 1.35 bits per heavy atom. The first-order valence-electron chi connectivity index (χ1n) is 7.58. The number of phenols is 1. The lowest BCUT2D eigenvalue weighted by Gasteiger charge is -2.46. The minimum atomic E-state index is -0.254. The molecule has 2 fully saturated rings. The molecule has 4 atom stereocenters. The van der Waals surface area contributed by atoms with Crippen LogP contribution in [0.25, 0.3) is 0 Å². The molecule has 0 radical (unpaired) electrons. The molecule has 20 heavy (non-hydrogen) atoms. The molecular weight excluding hydrogens is 252 g/mol. The standard InChI is InChI=1S/C17H20O3/c1-17-7-6-13-12-5-3-11(18)8-10(12)2-4-14(13)15(17)9-20-16(17)19/h3,5,8,13-15,18H,2,4,6-7,9H2,1H3/t13-,14-,15-,17+/m0/s1. The fourth-order valence-electron chi connectivity index (χ4n) is 4.78. The van der Waals surface area contributed by atoms with E-state index in [9.17, 15) is 9.90 Å². The van der Waals surface area contributed by atoms with Crippen LogP contribution in [0.15, 0.2) is 18.2 Å². The van der Waals surface area contributed by atoms with Crippen LogP contribution in [0.3, 0.4) is 0 Å². The van der Waals surface area contributed by atoms with Gasteiger partial charge in [0.05, 0.1) is 12.0 Å². The Kier molecular flexibility index (Phi) is 2.45. The highest BCUT2D eigenvalue weighted by molar-refractivity contribution is 5.79. The molecule has 2 aliphatic carbocycles. The van der Waals surface area contributed by atoms with Gasteiger partial charge in [-0.1, -0.05) is 6.07 Å². The topological polar surface area (TPSA) is 46.5 Å². The second-order valence-corrected chi connectivity index (χ2v) is 6.85. The number of rotatable bonds is 0. The Morgan fingerprint density at radius 2 is 2.20 bits per heavy atom. The van der Waals surface area contributed by atoms with Gasteiger partial charge in [-0.25, -0.2) is 0 Å². The molecule has 0 bridgehead atoms. The Labute approximate surface area is 118 Å². The summed E-state index contributed by atoms with van der Waals surface area (Å²) in [4.78, 5) is 12.0. The third-order valence-electron chi connectivity index (χ3n) is 5.96. The van der Waals surface area contributed by atoms with Crippen LogP contribution < -0.4 is 0 Å². The van der Waals surface area contributed by atoms with E-state index in [1.165, 1.54) is 11.1 Å². The summed E-state index contributed by atoms with van der Waals surface area (Å²) < 4.78 is 5.38. The van der Waals surface area contributed by atoms with Gasteiger partial charge in [0.1, 0.15) is 5.75 Å². The number of benzene rings is 1. The third-order valence-corrected chi connectivity index (χ3v) is 5.96. The predicted molar refractivity (Wildman–Crippen MR) is 74.4 cm³/mol. The van der Waals surface area contributed by atoms with E-state index in [2.05, 4.69) is 13.0 Å². The van der Waals surface area contributed by atoms with Crippen molar-refractivity contribution in [3.8, 4) is 5.75 Å². The molecule has 0 aromatic heterocycles. The minimum Gasteiger partial charge on any atom is -0.508 e. The molecule has 0 spiro atoms. The third kappa shape index (κ3) is 1.49. The number of fused-ring (bicyclic) bond motifs is 5. The first-order valence-corrected chi connectivity index (χ1v) is 7.58. The summed E-state index contributed by atoms with van der Waals surface area (Å²) in [6.45, 7) is 2.69. The average molecular weight is 272 g/mol. The van der Waals surface area contributed by atoms with Gasteiger partial charge in [0.2, 0.25) is 0 Å². The molecule has 106 valence electrons. The monoisotopic (exact) mass is 272 g/mol. The van der Waals surface area contributed by atoms with Gasteiger partial charge in [-0.2, -0.15) is 0 Å². The molecule has 0 amide bonds. The van der Waals surface area contributed by atoms with Crippen LogP contribution >= 0.6 is 0 Å². The van der Waals surface area contributed by atoms with Crippen molar-refractivity contribution in [2.75, 3.05) is 6.61 Å². The van der Waals surface area contributed by atoms with Crippen LogP contribution in [0, 0.1) is 17.3 Å². The van der Waals surface area contributed by atoms with Crippen LogP contribution in [-0.2, 0) is 16.0 Å². The first-order chi connectivity index (χ1) is 9.59. The molecular formula is C17H20O3. The maximum Gasteiger partial charge on any atom is 0.312 e. The van der Waals surface area contributed by atoms with Crippen molar-refractivity contribution >= 4 is 5.97 Å². The predicted octanol–water partition coefficient (Wildman–Crippen LogP) is 3.01. The summed E-state index contributed by atoms with van der Waals surface area (Å²) in [6, 6.07) is 5.79. The van der Waals surface area contributed by atoms with E-state index >= 15 is 0 Å². The van der Waals surface area contributed by atoms with Gasteiger partial charge in [-0.3, -0.25) is 4.79 Å². The van der Waals surface area contributed by atoms with E-state index in [1.807, 2.05) is 6.07 Å². The number of esters is 1. The second-order valence-electron chi connectivity index (χ2n) is 6.85. The number of ether oxygens (including phenoxy) is 1. The molecule has 1 N–H and O–H groups in total. The summed E-state index contributed by atoms with van der Waals surface area (Å²) in [5.41, 5.74) is 2.43. The Morgan fingerprint density at radius 3 is 3.05 bits per heavy atom. The van der Waals surface area contributed by atoms with E-state index in [4.69, 9.17) is 4.74 Å². The normalized spacial score (nSPS) is 38.6. The van der Waals surface area contributed by atoms with Crippen molar-refractivity contribution in [1.82, 2.24) is 0 Å². The number of carbonyl (C=O) groups is 1. The van der Waals surface area contributed by atoms with Gasteiger partial charge in [-0.15, -0.1) is 0 Å². The number of hydrogen-bond acceptors (Lipinski definition) is 3. The van der Waals surface area contributed by atoms with Gasteiger partial charge in [-0.05, 0) is 67.7 Å². The molecule has 1 aliphatic heterocycles. The first kappa shape index (κ1) is 12.2. The van der Waals surface area contributed by atoms with E-state index < -0.39 is 0 Å². The molecule has 1 aromatic rings. The highest BCUT2D eigenvalue weighted by Gasteiger charge is 2.56. The van der Waals surface area contributed by atoms with Gasteiger partial charge >= 0.3 is 5.97 Å². The molecule has 0 unspecified atom stereocenters. The largest absolute Gasteiger partial charge is 0.508 e. The smallest absolute Gasteiger partial charge is 0.312 e. The van der Waals surface area contributed by atoms with Gasteiger partial charge in [0.15, 0.2) is 0 Å². The van der Waals surface area contributed by atoms with Crippen molar-refractivity contribution in [3.05, 3.63) is 29.3 Å². The summed E-state index contributed by atoms with van der Waals surface area (Å²) in [7, 11) is 0. The van der Waals surface area contributed by atoms with E-state index in [-0.39, 0.29) is 11.4 Å². The zero-order valence-electron chi connectivity index (χ0n) is 11.8. The lowest BCUT2D eigenvalue weighted by Crippen LogP contribution is -2.43. The molecule has 1 aromatic carbocycles. The fourth-order valence-corrected chi connectivity index (χ4v) is 4.78. The quantitative estimate of drug-likeness (QED) is 0.738. The Bertz CT molecular complexity index is 580. The van der Waals surface area contributed by atoms with Gasteiger partial charge in [0, 0.05) is 5.92 Å². The lowest BCUT2D eigenvalue weighted by molar-refractivity contribution is -0.147. The van der Waals surface area contributed by atoms with E-state index in [1.54, 1.807) is 6.07 Å². The maximum atomic E-state index is 12.0. The van der Waals surface area contributed by atoms with Crippen molar-refractivity contribution in [3.63, 3.8) is 0 Å². The minimum absolute atomic E-state index is 0.0115. The SMILES string of the molecule is C[C@@]12CC[C@H]3c4ccc(O)cc4CC[C@@H]3[C@@H]1COC2=O. The molecule has 1 saturated carbocycles. The van der Waals surface area contributed by atoms with Crippen LogP contribution in [0.2, 0.25) is 0 Å². The lowest BCUT2D eigenvalue weighted by atomic mass is 9.55. The van der Waals surface area contributed by atoms with Crippen LogP contribution in [0.1, 0.15) is 43.2 Å². The maximum absolute atomic E-state index is 12.0. The van der Waals surface area contributed by atoms with Crippen LogP contribution in [-0.4, -0.2) is 17.7 Å². The van der Waals surface area contributed by atoms with Crippen molar-refractivity contribution in [1.29, 1.82) is 0 Å². The summed E-state index contributed by atoms with van der Waals surface area (Å²) >= 11 is 0.